The molecule has 4 aliphatic rings. The fraction of sp³-hybridized carbons (Fsp3) is 0.273. The van der Waals surface area contributed by atoms with E-state index in [1.165, 1.54) is 0 Å². The molecule has 0 saturated carbocycles. The molecule has 2 aromatic carbocycles. The molecule has 4 heterocycles. The molecule has 30 heavy (non-hydrogen) atoms. The van der Waals surface area contributed by atoms with Gasteiger partial charge in [0.05, 0.1) is 23.9 Å². The first-order chi connectivity index (χ1) is 14.6. The second-order valence-corrected chi connectivity index (χ2v) is 8.12. The van der Waals surface area contributed by atoms with Gasteiger partial charge in [-0.2, -0.15) is 0 Å². The number of nitrogens with zero attached hydrogens (tertiary/aromatic N) is 2. The lowest BCUT2D eigenvalue weighted by molar-refractivity contribution is -0.139. The van der Waals surface area contributed by atoms with Gasteiger partial charge in [-0.15, -0.1) is 0 Å². The minimum Gasteiger partial charge on any atom is -0.295 e. The molecule has 150 valence electrons. The lowest BCUT2D eigenvalue weighted by Gasteiger charge is -2.33. The minimum absolute atomic E-state index is 0.346. The zero-order valence-corrected chi connectivity index (χ0v) is 15.8. The topological polar surface area (TPSA) is 98.8 Å². The number of hydrogen-bond donors (Lipinski definition) is 2. The van der Waals surface area contributed by atoms with Crippen LogP contribution < -0.4 is 10.6 Å². The molecule has 0 aromatic heterocycles. The fourth-order valence-corrected chi connectivity index (χ4v) is 5.64. The molecule has 8 nitrogen and oxygen atoms in total. The van der Waals surface area contributed by atoms with E-state index in [1.807, 2.05) is 70.7 Å². The molecule has 0 spiro atoms. The van der Waals surface area contributed by atoms with E-state index in [4.69, 9.17) is 0 Å². The van der Waals surface area contributed by atoms with Crippen LogP contribution in [0.4, 0.5) is 0 Å². The highest BCUT2D eigenvalue weighted by atomic mass is 16.2. The van der Waals surface area contributed by atoms with Crippen molar-refractivity contribution in [3.05, 3.63) is 71.8 Å². The van der Waals surface area contributed by atoms with Crippen molar-refractivity contribution in [3.63, 3.8) is 0 Å². The number of nitrogens with one attached hydrogen (secondary N) is 2. The molecule has 0 aliphatic carbocycles. The highest BCUT2D eigenvalue weighted by molar-refractivity contribution is 6.10. The summed E-state index contributed by atoms with van der Waals surface area (Å²) in [5, 5.41) is 8.57. The Bertz CT molecular complexity index is 1000. The third-order valence-corrected chi connectivity index (χ3v) is 6.69. The van der Waals surface area contributed by atoms with Crippen LogP contribution in [-0.4, -0.2) is 45.7 Å². The van der Waals surface area contributed by atoms with E-state index in [0.717, 1.165) is 11.1 Å². The molecule has 4 fully saturated rings. The van der Waals surface area contributed by atoms with Gasteiger partial charge in [-0.1, -0.05) is 60.7 Å². The van der Waals surface area contributed by atoms with Crippen molar-refractivity contribution in [2.45, 2.75) is 24.2 Å². The van der Waals surface area contributed by atoms with Crippen LogP contribution in [0.25, 0.3) is 0 Å². The van der Waals surface area contributed by atoms with Gasteiger partial charge in [-0.05, 0) is 11.1 Å². The summed E-state index contributed by atoms with van der Waals surface area (Å²) in [5.74, 6) is -2.78. The number of amides is 4. The van der Waals surface area contributed by atoms with Crippen LogP contribution in [-0.2, 0) is 19.2 Å². The van der Waals surface area contributed by atoms with Crippen molar-refractivity contribution in [3.8, 4) is 0 Å². The largest absolute Gasteiger partial charge is 0.295 e. The first-order valence-corrected chi connectivity index (χ1v) is 9.94. The number of carbonyl (C=O) groups excluding carboxylic acids is 4. The Morgan fingerprint density at radius 3 is 1.23 bits per heavy atom. The molecule has 6 rings (SSSR count). The van der Waals surface area contributed by atoms with E-state index in [0.29, 0.717) is 0 Å². The van der Waals surface area contributed by atoms with Crippen molar-refractivity contribution in [2.24, 2.45) is 11.8 Å². The number of rotatable bonds is 2. The molecule has 4 aliphatic heterocycles. The summed E-state index contributed by atoms with van der Waals surface area (Å²) in [6.07, 6.45) is 0. The maximum absolute atomic E-state index is 12.9. The van der Waals surface area contributed by atoms with Gasteiger partial charge in [-0.3, -0.25) is 29.8 Å². The van der Waals surface area contributed by atoms with Gasteiger partial charge < -0.3 is 0 Å². The summed E-state index contributed by atoms with van der Waals surface area (Å²) in [7, 11) is 0. The summed E-state index contributed by atoms with van der Waals surface area (Å²) >= 11 is 0. The maximum atomic E-state index is 12.9. The zero-order chi connectivity index (χ0) is 20.6. The van der Waals surface area contributed by atoms with Gasteiger partial charge in [0.15, 0.2) is 0 Å². The first-order valence-electron chi connectivity index (χ1n) is 9.94. The van der Waals surface area contributed by atoms with Crippen molar-refractivity contribution in [1.82, 2.24) is 20.7 Å². The number of imide groups is 2. The summed E-state index contributed by atoms with van der Waals surface area (Å²) < 4.78 is 0. The van der Waals surface area contributed by atoms with Crippen LogP contribution >= 0.6 is 0 Å². The van der Waals surface area contributed by atoms with E-state index in [1.54, 1.807) is 0 Å². The molecule has 6 atom stereocenters. The van der Waals surface area contributed by atoms with E-state index in [-0.39, 0.29) is 23.6 Å². The lowest BCUT2D eigenvalue weighted by atomic mass is 9.84. The molecule has 2 N–H and O–H groups in total. The summed E-state index contributed by atoms with van der Waals surface area (Å²) in [6, 6.07) is 16.2. The molecule has 0 radical (unpaired) electrons. The quantitative estimate of drug-likeness (QED) is 0.701. The van der Waals surface area contributed by atoms with Crippen LogP contribution in [0.1, 0.15) is 23.2 Å². The van der Waals surface area contributed by atoms with E-state index in [9.17, 15) is 19.2 Å². The highest BCUT2D eigenvalue weighted by Gasteiger charge is 2.71. The lowest BCUT2D eigenvalue weighted by Crippen LogP contribution is -2.48. The molecule has 0 unspecified atom stereocenters. The third-order valence-electron chi connectivity index (χ3n) is 6.69. The van der Waals surface area contributed by atoms with Gasteiger partial charge >= 0.3 is 0 Å². The van der Waals surface area contributed by atoms with E-state index < -0.39 is 36.0 Å². The molecule has 2 aromatic rings. The van der Waals surface area contributed by atoms with Gasteiger partial charge in [-0.25, -0.2) is 10.0 Å². The molecular weight excluding hydrogens is 384 g/mol. The average Bonchev–Trinajstić information content (AvgIpc) is 3.43. The van der Waals surface area contributed by atoms with Crippen molar-refractivity contribution >= 4 is 23.6 Å². The van der Waals surface area contributed by atoms with Gasteiger partial charge in [0.25, 0.3) is 0 Å². The zero-order valence-electron chi connectivity index (χ0n) is 15.8. The molecule has 4 saturated heterocycles. The van der Waals surface area contributed by atoms with Gasteiger partial charge in [0.2, 0.25) is 23.6 Å². The van der Waals surface area contributed by atoms with Crippen molar-refractivity contribution in [2.75, 3.05) is 0 Å². The molecule has 4 amide bonds. The normalized spacial score (nSPS) is 35.2. The van der Waals surface area contributed by atoms with Crippen LogP contribution in [0.2, 0.25) is 0 Å². The van der Waals surface area contributed by atoms with Crippen LogP contribution in [0.3, 0.4) is 0 Å². The van der Waals surface area contributed by atoms with Crippen LogP contribution in [0, 0.1) is 11.8 Å². The standard InChI is InChI=1S/C22H18N4O4/c27-19-13-15(11-7-3-1-4-8-11)25-18-14(20(28)24-22(18)30)16(12-9-5-2-6-10-12)26(25)17(13)21(29)23-19/h1-10,13-18H,(H,23,27,29)(H,24,28,30)/t13-,14-,15-,16+,17-,18-/m0/s1. The Labute approximate surface area is 171 Å². The summed E-state index contributed by atoms with van der Waals surface area (Å²) in [5.41, 5.74) is 1.67. The Morgan fingerprint density at radius 2 is 0.867 bits per heavy atom. The molecule has 0 bridgehead atoms. The second kappa shape index (κ2) is 6.07. The fourth-order valence-electron chi connectivity index (χ4n) is 5.64. The minimum atomic E-state index is -0.765. The second-order valence-electron chi connectivity index (χ2n) is 8.12. The number of hydrogen-bond acceptors (Lipinski definition) is 6. The van der Waals surface area contributed by atoms with Gasteiger partial charge in [0, 0.05) is 0 Å². The Hall–Kier alpha value is -3.36. The number of hydrazine groups is 1. The van der Waals surface area contributed by atoms with Crippen LogP contribution in [0.15, 0.2) is 60.7 Å². The summed E-state index contributed by atoms with van der Waals surface area (Å²) in [4.78, 5) is 51.3. The molecular formula is C22H18N4O4. The van der Waals surface area contributed by atoms with Crippen molar-refractivity contribution < 1.29 is 19.2 Å². The Balaban J connectivity index is 1.58. The Morgan fingerprint density at radius 1 is 0.500 bits per heavy atom. The monoisotopic (exact) mass is 402 g/mol. The Kier molecular flexibility index (Phi) is 3.54. The predicted octanol–water partition coefficient (Wildman–Crippen LogP) is 0.298. The predicted molar refractivity (Wildman–Crippen MR) is 103 cm³/mol. The number of carbonyl (C=O) groups is 4. The number of benzene rings is 2. The SMILES string of the molecule is O=C1NC(=O)[C@@H]2[C@@H]1[C@@H](c1ccccc1)N1[C@@H]3C(=O)NC(=O)[C@H]3[C@H](c3ccccc3)N21. The van der Waals surface area contributed by atoms with E-state index in [2.05, 4.69) is 10.6 Å². The van der Waals surface area contributed by atoms with Crippen molar-refractivity contribution in [1.29, 1.82) is 0 Å². The maximum Gasteiger partial charge on any atom is 0.246 e. The summed E-state index contributed by atoms with van der Waals surface area (Å²) in [6.45, 7) is 0. The molecule has 8 heteroatoms. The van der Waals surface area contributed by atoms with Gasteiger partial charge in [0.1, 0.15) is 12.1 Å². The van der Waals surface area contributed by atoms with Crippen LogP contribution in [0.5, 0.6) is 0 Å². The van der Waals surface area contributed by atoms with E-state index >= 15 is 0 Å². The highest BCUT2D eigenvalue weighted by Crippen LogP contribution is 2.56. The first kappa shape index (κ1) is 17.5. The number of fused-ring (bicyclic) bond motifs is 5. The third kappa shape index (κ3) is 2.12. The average molecular weight is 402 g/mol. The smallest absolute Gasteiger partial charge is 0.246 e.